The summed E-state index contributed by atoms with van der Waals surface area (Å²) in [7, 11) is 0. The number of aliphatic carboxylic acids is 1. The quantitative estimate of drug-likeness (QED) is 0.117. The van der Waals surface area contributed by atoms with Crippen molar-refractivity contribution in [1.82, 2.24) is 16.0 Å². The Hall–Kier alpha value is -3.71. The number of carboxylic acids is 1. The summed E-state index contributed by atoms with van der Waals surface area (Å²) in [6, 6.07) is 1.17. The van der Waals surface area contributed by atoms with Crippen molar-refractivity contribution in [2.75, 3.05) is 6.54 Å². The van der Waals surface area contributed by atoms with Gasteiger partial charge >= 0.3 is 5.97 Å². The second-order valence-electron chi connectivity index (χ2n) is 9.12. The minimum atomic E-state index is -1.29. The fourth-order valence-electron chi connectivity index (χ4n) is 3.47. The van der Waals surface area contributed by atoms with Crippen LogP contribution in [0.1, 0.15) is 45.1 Å². The maximum Gasteiger partial charge on any atom is 0.326 e. The van der Waals surface area contributed by atoms with Crippen LogP contribution < -0.4 is 33.2 Å². The van der Waals surface area contributed by atoms with E-state index >= 15 is 0 Å². The molecule has 13 heteroatoms. The Balaban J connectivity index is 2.97. The van der Waals surface area contributed by atoms with Gasteiger partial charge in [-0.05, 0) is 49.4 Å². The zero-order valence-corrected chi connectivity index (χ0v) is 21.1. The van der Waals surface area contributed by atoms with Crippen molar-refractivity contribution in [1.29, 1.82) is 0 Å². The monoisotopic (exact) mass is 522 g/mol. The lowest BCUT2D eigenvalue weighted by atomic mass is 10.00. The average molecular weight is 523 g/mol. The van der Waals surface area contributed by atoms with Crippen LogP contribution in [0.5, 0.6) is 5.75 Å². The first-order valence-corrected chi connectivity index (χ1v) is 12.0. The van der Waals surface area contributed by atoms with Crippen molar-refractivity contribution in [3.63, 3.8) is 0 Å². The topological polar surface area (TPSA) is 240 Å². The molecule has 4 atom stereocenters. The minimum absolute atomic E-state index is 0.0194. The Morgan fingerprint density at radius 2 is 1.49 bits per heavy atom. The van der Waals surface area contributed by atoms with E-state index in [-0.39, 0.29) is 18.6 Å². The normalized spacial score (nSPS) is 14.2. The molecule has 0 aromatic heterocycles. The molecule has 0 bridgehead atoms. The van der Waals surface area contributed by atoms with Crippen molar-refractivity contribution in [2.24, 2.45) is 23.1 Å². The molecule has 0 fully saturated rings. The highest BCUT2D eigenvalue weighted by molar-refractivity contribution is 5.95. The molecule has 0 saturated heterocycles. The zero-order chi connectivity index (χ0) is 28.1. The molecule has 11 N–H and O–H groups in total. The number of amides is 4. The van der Waals surface area contributed by atoms with E-state index in [1.54, 1.807) is 13.8 Å². The molecule has 0 spiro atoms. The fraction of sp³-hybridized carbons (Fsp3) is 0.542. The molecule has 4 amide bonds. The van der Waals surface area contributed by atoms with Crippen LogP contribution in [-0.4, -0.2) is 70.5 Å². The molecular formula is C24H38N6O7. The van der Waals surface area contributed by atoms with Crippen molar-refractivity contribution in [3.8, 4) is 5.75 Å². The molecule has 206 valence electrons. The molecule has 1 aromatic carbocycles. The van der Waals surface area contributed by atoms with Gasteiger partial charge in [0.1, 0.15) is 23.9 Å². The number of nitrogens with one attached hydrogen (secondary N) is 3. The van der Waals surface area contributed by atoms with Crippen molar-refractivity contribution < 1.29 is 34.2 Å². The van der Waals surface area contributed by atoms with Gasteiger partial charge in [-0.15, -0.1) is 0 Å². The van der Waals surface area contributed by atoms with E-state index < -0.39 is 66.1 Å². The molecule has 0 saturated carbocycles. The Labute approximate surface area is 215 Å². The molecule has 13 nitrogen and oxygen atoms in total. The lowest BCUT2D eigenvalue weighted by molar-refractivity contribution is -0.142. The maximum absolute atomic E-state index is 13.1. The fourth-order valence-corrected chi connectivity index (χ4v) is 3.47. The lowest BCUT2D eigenvalue weighted by Crippen LogP contribution is -2.58. The molecule has 1 rings (SSSR count). The number of carbonyl (C=O) groups excluding carboxylic acids is 4. The Bertz CT molecular complexity index is 938. The van der Waals surface area contributed by atoms with Gasteiger partial charge in [-0.1, -0.05) is 26.0 Å². The van der Waals surface area contributed by atoms with Crippen molar-refractivity contribution >= 4 is 29.6 Å². The standard InChI is InChI=1S/C24H38N6O7/c1-13(2)20(23(35)29-18(24(36)37)11-14-6-8-15(31)9-7-14)30-22(34)17(5-3-4-10-25)28-21(33)16(26)12-19(27)32/h6-9,13,16-18,20,31H,3-5,10-12,25-26H2,1-2H3,(H2,27,32)(H,28,33)(H,29,35)(H,30,34)(H,36,37). The summed E-state index contributed by atoms with van der Waals surface area (Å²) < 4.78 is 0. The molecule has 37 heavy (non-hydrogen) atoms. The molecule has 0 heterocycles. The largest absolute Gasteiger partial charge is 0.508 e. The average Bonchev–Trinajstić information content (AvgIpc) is 2.81. The van der Waals surface area contributed by atoms with Crippen LogP contribution in [0.2, 0.25) is 0 Å². The van der Waals surface area contributed by atoms with Gasteiger partial charge in [0.15, 0.2) is 0 Å². The van der Waals surface area contributed by atoms with Gasteiger partial charge in [0.25, 0.3) is 0 Å². The number of aromatic hydroxyl groups is 1. The second kappa shape index (κ2) is 15.4. The number of phenols is 1. The number of benzene rings is 1. The Morgan fingerprint density at radius 1 is 0.892 bits per heavy atom. The molecule has 0 aliphatic rings. The summed E-state index contributed by atoms with van der Waals surface area (Å²) in [5.74, 6) is -4.59. The van der Waals surface area contributed by atoms with E-state index in [0.29, 0.717) is 24.9 Å². The SMILES string of the molecule is CC(C)C(NC(=O)C(CCCCN)NC(=O)C(N)CC(N)=O)C(=O)NC(Cc1ccc(O)cc1)C(=O)O. The van der Waals surface area contributed by atoms with E-state index in [1.807, 2.05) is 0 Å². The van der Waals surface area contributed by atoms with Gasteiger partial charge in [0.05, 0.1) is 12.5 Å². The first kappa shape index (κ1) is 31.3. The first-order chi connectivity index (χ1) is 17.3. The maximum atomic E-state index is 13.1. The number of nitrogens with two attached hydrogens (primary N) is 3. The van der Waals surface area contributed by atoms with Crippen molar-refractivity contribution in [2.45, 2.75) is 70.1 Å². The number of primary amides is 1. The third-order valence-corrected chi connectivity index (χ3v) is 5.58. The van der Waals surface area contributed by atoms with E-state index in [4.69, 9.17) is 17.2 Å². The second-order valence-corrected chi connectivity index (χ2v) is 9.12. The summed E-state index contributed by atoms with van der Waals surface area (Å²) in [6.07, 6.45) is 0.821. The van der Waals surface area contributed by atoms with Gasteiger partial charge in [0.2, 0.25) is 23.6 Å². The molecular weight excluding hydrogens is 484 g/mol. The summed E-state index contributed by atoms with van der Waals surface area (Å²) in [4.78, 5) is 61.3. The third kappa shape index (κ3) is 11.3. The van der Waals surface area contributed by atoms with Crippen LogP contribution in [0.15, 0.2) is 24.3 Å². The van der Waals surface area contributed by atoms with Crippen LogP contribution in [-0.2, 0) is 30.4 Å². The summed E-state index contributed by atoms with van der Waals surface area (Å²) in [5, 5.41) is 26.5. The number of hydrogen-bond acceptors (Lipinski definition) is 8. The number of hydrogen-bond donors (Lipinski definition) is 8. The van der Waals surface area contributed by atoms with Gasteiger partial charge in [-0.25, -0.2) is 4.79 Å². The van der Waals surface area contributed by atoms with E-state index in [2.05, 4.69) is 16.0 Å². The number of carboxylic acid groups (broad SMARTS) is 1. The predicted octanol–water partition coefficient (Wildman–Crippen LogP) is -1.54. The third-order valence-electron chi connectivity index (χ3n) is 5.58. The molecule has 0 aliphatic heterocycles. The molecule has 0 radical (unpaired) electrons. The van der Waals surface area contributed by atoms with E-state index in [9.17, 15) is 34.2 Å². The van der Waals surface area contributed by atoms with Crippen LogP contribution in [0, 0.1) is 5.92 Å². The highest BCUT2D eigenvalue weighted by Gasteiger charge is 2.32. The van der Waals surface area contributed by atoms with Crippen LogP contribution in [0.3, 0.4) is 0 Å². The summed E-state index contributed by atoms with van der Waals surface area (Å²) >= 11 is 0. The molecule has 1 aromatic rings. The van der Waals surface area contributed by atoms with Gasteiger partial charge in [0, 0.05) is 6.42 Å². The Kier molecular flexibility index (Phi) is 13.0. The number of carbonyl (C=O) groups is 5. The zero-order valence-electron chi connectivity index (χ0n) is 21.1. The molecule has 0 aliphatic carbocycles. The molecule has 4 unspecified atom stereocenters. The Morgan fingerprint density at radius 3 is 2.00 bits per heavy atom. The van der Waals surface area contributed by atoms with Crippen molar-refractivity contribution in [3.05, 3.63) is 29.8 Å². The van der Waals surface area contributed by atoms with Gasteiger partial charge in [-0.2, -0.15) is 0 Å². The highest BCUT2D eigenvalue weighted by Crippen LogP contribution is 2.12. The predicted molar refractivity (Wildman–Crippen MR) is 135 cm³/mol. The van der Waals surface area contributed by atoms with E-state index in [0.717, 1.165) is 0 Å². The van der Waals surface area contributed by atoms with Crippen LogP contribution >= 0.6 is 0 Å². The minimum Gasteiger partial charge on any atom is -0.508 e. The number of unbranched alkanes of at least 4 members (excludes halogenated alkanes) is 1. The summed E-state index contributed by atoms with van der Waals surface area (Å²) in [5.41, 5.74) is 16.8. The van der Waals surface area contributed by atoms with Gasteiger partial charge in [-0.3, -0.25) is 19.2 Å². The van der Waals surface area contributed by atoms with Crippen LogP contribution in [0.25, 0.3) is 0 Å². The smallest absolute Gasteiger partial charge is 0.326 e. The van der Waals surface area contributed by atoms with E-state index in [1.165, 1.54) is 24.3 Å². The summed E-state index contributed by atoms with van der Waals surface area (Å²) in [6.45, 7) is 3.72. The number of rotatable bonds is 16. The van der Waals surface area contributed by atoms with Crippen LogP contribution in [0.4, 0.5) is 0 Å². The lowest BCUT2D eigenvalue weighted by Gasteiger charge is -2.27. The highest BCUT2D eigenvalue weighted by atomic mass is 16.4. The van der Waals surface area contributed by atoms with Gasteiger partial charge < -0.3 is 43.4 Å². The first-order valence-electron chi connectivity index (χ1n) is 12.0. The number of phenolic OH excluding ortho intramolecular Hbond substituents is 1.